The van der Waals surface area contributed by atoms with Crippen LogP contribution < -0.4 is 5.63 Å². The first-order valence-corrected chi connectivity index (χ1v) is 8.83. The van der Waals surface area contributed by atoms with Gasteiger partial charge in [-0.2, -0.15) is 0 Å². The molecular weight excluding hydrogens is 332 g/mol. The van der Waals surface area contributed by atoms with Crippen LogP contribution in [0.5, 0.6) is 0 Å². The highest BCUT2D eigenvalue weighted by Crippen LogP contribution is 2.30. The lowest BCUT2D eigenvalue weighted by Crippen LogP contribution is -2.07. The molecule has 0 atom stereocenters. The maximum Gasteiger partial charge on any atom is 0.352 e. The van der Waals surface area contributed by atoms with Crippen molar-refractivity contribution in [2.24, 2.45) is 0 Å². The van der Waals surface area contributed by atoms with Gasteiger partial charge in [-0.05, 0) is 43.2 Å². The van der Waals surface area contributed by atoms with Gasteiger partial charge in [0, 0.05) is 16.5 Å². The Balaban J connectivity index is 2.00. The van der Waals surface area contributed by atoms with Gasteiger partial charge in [0.2, 0.25) is 0 Å². The molecule has 0 amide bonds. The average molecular weight is 350 g/mol. The van der Waals surface area contributed by atoms with Gasteiger partial charge < -0.3 is 4.42 Å². The first-order chi connectivity index (χ1) is 13.1. The molecule has 1 aromatic heterocycles. The molecule has 27 heavy (non-hydrogen) atoms. The van der Waals surface area contributed by atoms with Crippen molar-refractivity contribution in [3.8, 4) is 23.0 Å². The van der Waals surface area contributed by atoms with Gasteiger partial charge >= 0.3 is 5.63 Å². The Hall–Kier alpha value is -3.57. The van der Waals surface area contributed by atoms with E-state index in [1.165, 1.54) is 5.56 Å². The molecule has 2 nitrogen and oxygen atoms in total. The third kappa shape index (κ3) is 3.41. The van der Waals surface area contributed by atoms with Crippen molar-refractivity contribution in [2.45, 2.75) is 13.8 Å². The van der Waals surface area contributed by atoms with Gasteiger partial charge in [-0.3, -0.25) is 0 Å². The molecular formula is C25H18O2. The molecule has 0 fully saturated rings. The second-order valence-electron chi connectivity index (χ2n) is 6.62. The van der Waals surface area contributed by atoms with E-state index in [2.05, 4.69) is 11.8 Å². The number of hydrogen-bond acceptors (Lipinski definition) is 2. The van der Waals surface area contributed by atoms with Crippen molar-refractivity contribution in [1.82, 2.24) is 0 Å². The second kappa shape index (κ2) is 6.97. The van der Waals surface area contributed by atoms with Crippen LogP contribution in [0.3, 0.4) is 0 Å². The summed E-state index contributed by atoms with van der Waals surface area (Å²) in [5.74, 6) is 6.17. The van der Waals surface area contributed by atoms with Gasteiger partial charge in [-0.1, -0.05) is 72.0 Å². The molecule has 0 radical (unpaired) electrons. The molecule has 0 N–H and O–H groups in total. The van der Waals surface area contributed by atoms with Crippen molar-refractivity contribution in [3.05, 3.63) is 105 Å². The van der Waals surface area contributed by atoms with Crippen molar-refractivity contribution in [2.75, 3.05) is 0 Å². The molecule has 0 aliphatic heterocycles. The molecule has 0 spiro atoms. The molecule has 1 heterocycles. The topological polar surface area (TPSA) is 30.2 Å². The van der Waals surface area contributed by atoms with E-state index in [0.717, 1.165) is 27.6 Å². The van der Waals surface area contributed by atoms with Gasteiger partial charge in [0.05, 0.1) is 0 Å². The summed E-state index contributed by atoms with van der Waals surface area (Å²) in [5, 5.41) is 0.889. The number of benzene rings is 3. The maximum absolute atomic E-state index is 12.7. The zero-order valence-corrected chi connectivity index (χ0v) is 15.2. The SMILES string of the molecule is Cc1ccc(C#Cc2c(-c3ccccc3)c3ccc(C)cc3oc2=O)cc1. The standard InChI is InChI=1S/C25H18O2/c1-17-8-11-19(12-9-17)13-15-22-24(20-6-4-3-5-7-20)21-14-10-18(2)16-23(21)27-25(22)26/h3-12,14,16H,1-2H3. The number of rotatable bonds is 1. The van der Waals surface area contributed by atoms with Crippen LogP contribution in [0.1, 0.15) is 22.3 Å². The number of fused-ring (bicyclic) bond motifs is 1. The van der Waals surface area contributed by atoms with Crippen LogP contribution in [-0.2, 0) is 0 Å². The van der Waals surface area contributed by atoms with E-state index in [1.54, 1.807) is 0 Å². The number of aryl methyl sites for hydroxylation is 2. The summed E-state index contributed by atoms with van der Waals surface area (Å²) in [4.78, 5) is 12.7. The minimum Gasteiger partial charge on any atom is -0.422 e. The molecule has 2 heteroatoms. The van der Waals surface area contributed by atoms with Crippen LogP contribution >= 0.6 is 0 Å². The Morgan fingerprint density at radius 3 is 2.22 bits per heavy atom. The van der Waals surface area contributed by atoms with Crippen LogP contribution in [-0.4, -0.2) is 0 Å². The molecule has 3 aromatic carbocycles. The lowest BCUT2D eigenvalue weighted by atomic mass is 9.96. The van der Waals surface area contributed by atoms with Crippen molar-refractivity contribution >= 4 is 11.0 Å². The van der Waals surface area contributed by atoms with E-state index in [0.29, 0.717) is 11.1 Å². The molecule has 0 saturated heterocycles. The lowest BCUT2D eigenvalue weighted by molar-refractivity contribution is 0.559. The molecule has 4 rings (SSSR count). The Morgan fingerprint density at radius 1 is 0.778 bits per heavy atom. The lowest BCUT2D eigenvalue weighted by Gasteiger charge is -2.09. The normalized spacial score (nSPS) is 10.4. The van der Waals surface area contributed by atoms with Gasteiger partial charge in [-0.25, -0.2) is 4.79 Å². The summed E-state index contributed by atoms with van der Waals surface area (Å²) < 4.78 is 5.59. The molecule has 130 valence electrons. The van der Waals surface area contributed by atoms with Crippen LogP contribution in [0.25, 0.3) is 22.1 Å². The van der Waals surface area contributed by atoms with E-state index in [4.69, 9.17) is 4.42 Å². The first-order valence-electron chi connectivity index (χ1n) is 8.83. The molecule has 0 aliphatic rings. The first kappa shape index (κ1) is 16.9. The fourth-order valence-electron chi connectivity index (χ4n) is 3.10. The smallest absolute Gasteiger partial charge is 0.352 e. The minimum atomic E-state index is -0.411. The summed E-state index contributed by atoms with van der Waals surface area (Å²) >= 11 is 0. The van der Waals surface area contributed by atoms with Crippen LogP contribution in [0.4, 0.5) is 0 Å². The predicted octanol–water partition coefficient (Wildman–Crippen LogP) is 5.48. The van der Waals surface area contributed by atoms with Crippen molar-refractivity contribution in [1.29, 1.82) is 0 Å². The van der Waals surface area contributed by atoms with E-state index < -0.39 is 5.63 Å². The van der Waals surface area contributed by atoms with E-state index >= 15 is 0 Å². The largest absolute Gasteiger partial charge is 0.422 e. The molecule has 0 unspecified atom stereocenters. The van der Waals surface area contributed by atoms with Crippen molar-refractivity contribution < 1.29 is 4.42 Å². The zero-order chi connectivity index (χ0) is 18.8. The van der Waals surface area contributed by atoms with Crippen LogP contribution in [0.2, 0.25) is 0 Å². The van der Waals surface area contributed by atoms with Gasteiger partial charge in [0.25, 0.3) is 0 Å². The Morgan fingerprint density at radius 2 is 1.48 bits per heavy atom. The third-order valence-electron chi connectivity index (χ3n) is 4.51. The minimum absolute atomic E-state index is 0.387. The van der Waals surface area contributed by atoms with Crippen molar-refractivity contribution in [3.63, 3.8) is 0 Å². The summed E-state index contributed by atoms with van der Waals surface area (Å²) in [6, 6.07) is 23.7. The fraction of sp³-hybridized carbons (Fsp3) is 0.0800. The van der Waals surface area contributed by atoms with E-state index in [-0.39, 0.29) is 0 Å². The Kier molecular flexibility index (Phi) is 4.36. The zero-order valence-electron chi connectivity index (χ0n) is 15.2. The third-order valence-corrected chi connectivity index (χ3v) is 4.51. The highest BCUT2D eigenvalue weighted by molar-refractivity contribution is 5.96. The molecule has 0 aliphatic carbocycles. The summed E-state index contributed by atoms with van der Waals surface area (Å²) in [6.07, 6.45) is 0. The summed E-state index contributed by atoms with van der Waals surface area (Å²) in [6.45, 7) is 4.01. The van der Waals surface area contributed by atoms with Gasteiger partial charge in [0.15, 0.2) is 0 Å². The van der Waals surface area contributed by atoms with Crippen LogP contribution in [0.15, 0.2) is 82.0 Å². The highest BCUT2D eigenvalue weighted by atomic mass is 16.4. The number of hydrogen-bond donors (Lipinski definition) is 0. The molecule has 0 saturated carbocycles. The molecule has 0 bridgehead atoms. The fourth-order valence-corrected chi connectivity index (χ4v) is 3.10. The molecule has 4 aromatic rings. The predicted molar refractivity (Wildman–Crippen MR) is 110 cm³/mol. The Labute approximate surface area is 158 Å². The average Bonchev–Trinajstić information content (AvgIpc) is 2.68. The maximum atomic E-state index is 12.7. The quantitative estimate of drug-likeness (QED) is 0.336. The van der Waals surface area contributed by atoms with E-state index in [1.807, 2.05) is 86.6 Å². The highest BCUT2D eigenvalue weighted by Gasteiger charge is 2.15. The van der Waals surface area contributed by atoms with Gasteiger partial charge in [-0.15, -0.1) is 0 Å². The summed E-state index contributed by atoms with van der Waals surface area (Å²) in [5.41, 5.74) is 5.41. The summed E-state index contributed by atoms with van der Waals surface area (Å²) in [7, 11) is 0. The van der Waals surface area contributed by atoms with Gasteiger partial charge in [0.1, 0.15) is 11.1 Å². The van der Waals surface area contributed by atoms with E-state index in [9.17, 15) is 4.79 Å². The van der Waals surface area contributed by atoms with Crippen LogP contribution in [0, 0.1) is 25.7 Å². The Bertz CT molecular complexity index is 1240. The monoisotopic (exact) mass is 350 g/mol. The second-order valence-corrected chi connectivity index (χ2v) is 6.62.